The van der Waals surface area contributed by atoms with Crippen molar-refractivity contribution in [2.45, 2.75) is 39.5 Å². The zero-order valence-corrected chi connectivity index (χ0v) is 14.4. The molecule has 0 saturated heterocycles. The number of H-pyrrole nitrogens is 1. The highest BCUT2D eigenvalue weighted by Gasteiger charge is 2.09. The Morgan fingerprint density at radius 2 is 1.96 bits per heavy atom. The molecule has 0 aliphatic rings. The summed E-state index contributed by atoms with van der Waals surface area (Å²) >= 11 is 0. The number of anilines is 1. The van der Waals surface area contributed by atoms with Crippen LogP contribution in [-0.4, -0.2) is 16.0 Å². The molecule has 0 saturated carbocycles. The molecule has 0 amide bonds. The maximum absolute atomic E-state index is 11.8. The van der Waals surface area contributed by atoms with Gasteiger partial charge in [0.2, 0.25) is 0 Å². The van der Waals surface area contributed by atoms with Crippen molar-refractivity contribution in [3.8, 4) is 0 Å². The molecular formula is C20H25N3O. The molecule has 0 aliphatic carbocycles. The standard InChI is InChI=1S/C20H25N3O/c1-3-5-6-11-16(24)12-8-7-10-15(4-2)17-13-9-14-18-19(17)20(21)23-22-18/h3-5,7,9-10,13-14H,6,8,11-12H2,1-2H3,(H3,21,22,23)/b5-3+,10-7-,15-4+. The van der Waals surface area contributed by atoms with Crippen LogP contribution in [0.3, 0.4) is 0 Å². The zero-order valence-electron chi connectivity index (χ0n) is 14.4. The van der Waals surface area contributed by atoms with Crippen LogP contribution in [0, 0.1) is 0 Å². The number of aromatic amines is 1. The van der Waals surface area contributed by atoms with Gasteiger partial charge in [0.1, 0.15) is 5.78 Å². The van der Waals surface area contributed by atoms with Gasteiger partial charge in [-0.1, -0.05) is 42.5 Å². The second-order valence-electron chi connectivity index (χ2n) is 5.67. The average Bonchev–Trinajstić information content (AvgIpc) is 2.97. The number of fused-ring (bicyclic) bond motifs is 1. The smallest absolute Gasteiger partial charge is 0.153 e. The Kier molecular flexibility index (Phi) is 6.55. The fourth-order valence-corrected chi connectivity index (χ4v) is 2.67. The first-order valence-corrected chi connectivity index (χ1v) is 8.36. The molecule has 0 atom stereocenters. The highest BCUT2D eigenvalue weighted by Crippen LogP contribution is 2.28. The number of rotatable bonds is 8. The van der Waals surface area contributed by atoms with E-state index in [9.17, 15) is 4.79 Å². The molecule has 4 heteroatoms. The molecule has 126 valence electrons. The summed E-state index contributed by atoms with van der Waals surface area (Å²) in [7, 11) is 0. The van der Waals surface area contributed by atoms with E-state index in [4.69, 9.17) is 5.73 Å². The van der Waals surface area contributed by atoms with Crippen molar-refractivity contribution in [1.82, 2.24) is 10.2 Å². The van der Waals surface area contributed by atoms with Gasteiger partial charge in [-0.2, -0.15) is 5.10 Å². The number of nitrogens with zero attached hydrogens (tertiary/aromatic N) is 1. The number of nitrogens with one attached hydrogen (secondary N) is 1. The van der Waals surface area contributed by atoms with Gasteiger partial charge in [0.25, 0.3) is 0 Å². The van der Waals surface area contributed by atoms with E-state index in [1.165, 1.54) is 0 Å². The van der Waals surface area contributed by atoms with Crippen LogP contribution in [0.4, 0.5) is 5.82 Å². The number of carbonyl (C=O) groups excluding carboxylic acids is 1. The van der Waals surface area contributed by atoms with Crippen LogP contribution >= 0.6 is 0 Å². The molecule has 3 N–H and O–H groups in total. The van der Waals surface area contributed by atoms with Crippen LogP contribution < -0.4 is 5.73 Å². The van der Waals surface area contributed by atoms with Gasteiger partial charge in [0.15, 0.2) is 5.82 Å². The number of nitrogen functional groups attached to an aromatic ring is 1. The number of hydrogen-bond donors (Lipinski definition) is 2. The van der Waals surface area contributed by atoms with E-state index in [1.54, 1.807) is 0 Å². The lowest BCUT2D eigenvalue weighted by Gasteiger charge is -2.05. The highest BCUT2D eigenvalue weighted by molar-refractivity contribution is 6.00. The van der Waals surface area contributed by atoms with Crippen molar-refractivity contribution >= 4 is 28.1 Å². The summed E-state index contributed by atoms with van der Waals surface area (Å²) in [4.78, 5) is 11.8. The number of ketones is 1. The van der Waals surface area contributed by atoms with Crippen molar-refractivity contribution in [1.29, 1.82) is 0 Å². The summed E-state index contributed by atoms with van der Waals surface area (Å²) in [6.45, 7) is 3.97. The van der Waals surface area contributed by atoms with Crippen molar-refractivity contribution in [3.05, 3.63) is 54.1 Å². The summed E-state index contributed by atoms with van der Waals surface area (Å²) in [6, 6.07) is 5.98. The number of hydrogen-bond acceptors (Lipinski definition) is 3. The molecule has 1 heterocycles. The normalized spacial score (nSPS) is 12.7. The highest BCUT2D eigenvalue weighted by atomic mass is 16.1. The number of allylic oxidation sites excluding steroid dienone is 6. The van der Waals surface area contributed by atoms with Crippen molar-refractivity contribution in [3.63, 3.8) is 0 Å². The molecule has 2 rings (SSSR count). The fraction of sp³-hybridized carbons (Fsp3) is 0.300. The summed E-state index contributed by atoms with van der Waals surface area (Å²) in [5.41, 5.74) is 9.04. The van der Waals surface area contributed by atoms with Gasteiger partial charge in [-0.3, -0.25) is 9.89 Å². The minimum absolute atomic E-state index is 0.306. The van der Waals surface area contributed by atoms with E-state index in [0.717, 1.165) is 34.9 Å². The third kappa shape index (κ3) is 4.44. The van der Waals surface area contributed by atoms with E-state index in [2.05, 4.69) is 22.3 Å². The Bertz CT molecular complexity index is 781. The summed E-state index contributed by atoms with van der Waals surface area (Å²) < 4.78 is 0. The molecular weight excluding hydrogens is 298 g/mol. The van der Waals surface area contributed by atoms with Crippen LogP contribution in [-0.2, 0) is 4.79 Å². The quantitative estimate of drug-likeness (QED) is 0.541. The maximum Gasteiger partial charge on any atom is 0.153 e. The Balaban J connectivity index is 2.02. The second kappa shape index (κ2) is 8.87. The molecule has 0 radical (unpaired) electrons. The van der Waals surface area contributed by atoms with Gasteiger partial charge in [-0.15, -0.1) is 0 Å². The lowest BCUT2D eigenvalue weighted by atomic mass is 10.00. The molecule has 1 aromatic heterocycles. The molecule has 0 spiro atoms. The first-order chi connectivity index (χ1) is 11.7. The second-order valence-corrected chi connectivity index (χ2v) is 5.67. The average molecular weight is 323 g/mol. The lowest BCUT2D eigenvalue weighted by Crippen LogP contribution is -1.95. The number of benzene rings is 1. The molecule has 0 bridgehead atoms. The van der Waals surface area contributed by atoms with Crippen LogP contribution in [0.15, 0.2) is 48.6 Å². The topological polar surface area (TPSA) is 71.8 Å². The van der Waals surface area contributed by atoms with Gasteiger partial charge < -0.3 is 5.73 Å². The van der Waals surface area contributed by atoms with E-state index in [-0.39, 0.29) is 0 Å². The monoisotopic (exact) mass is 323 g/mol. The first-order valence-electron chi connectivity index (χ1n) is 8.36. The van der Waals surface area contributed by atoms with Crippen LogP contribution in [0.2, 0.25) is 0 Å². The number of aromatic nitrogens is 2. The van der Waals surface area contributed by atoms with Crippen molar-refractivity contribution in [2.24, 2.45) is 0 Å². The van der Waals surface area contributed by atoms with Gasteiger partial charge in [0, 0.05) is 12.8 Å². The van der Waals surface area contributed by atoms with Crippen LogP contribution in [0.1, 0.15) is 45.1 Å². The summed E-state index contributed by atoms with van der Waals surface area (Å²) in [5, 5.41) is 7.96. The Hall–Kier alpha value is -2.62. The van der Waals surface area contributed by atoms with Crippen molar-refractivity contribution < 1.29 is 4.79 Å². The van der Waals surface area contributed by atoms with Crippen LogP contribution in [0.5, 0.6) is 0 Å². The van der Waals surface area contributed by atoms with E-state index in [1.807, 2.05) is 50.3 Å². The molecule has 4 nitrogen and oxygen atoms in total. The Morgan fingerprint density at radius 1 is 1.21 bits per heavy atom. The first kappa shape index (κ1) is 17.7. The third-order valence-electron chi connectivity index (χ3n) is 3.95. The zero-order chi connectivity index (χ0) is 17.4. The largest absolute Gasteiger partial charge is 0.382 e. The fourth-order valence-electron chi connectivity index (χ4n) is 2.67. The summed E-state index contributed by atoms with van der Waals surface area (Å²) in [6.07, 6.45) is 13.0. The van der Waals surface area contributed by atoms with Gasteiger partial charge in [-0.25, -0.2) is 0 Å². The molecule has 0 aliphatic heterocycles. The molecule has 0 fully saturated rings. The molecule has 0 unspecified atom stereocenters. The predicted molar refractivity (Wildman–Crippen MR) is 102 cm³/mol. The maximum atomic E-state index is 11.8. The SMILES string of the molecule is C/C=C/CCC(=O)CC/C=C\C(=C/C)c1cccc2[nH]nc(N)c12. The third-order valence-corrected chi connectivity index (χ3v) is 3.95. The minimum Gasteiger partial charge on any atom is -0.382 e. The van der Waals surface area contributed by atoms with Gasteiger partial charge >= 0.3 is 0 Å². The predicted octanol–water partition coefficient (Wildman–Crippen LogP) is 4.81. The van der Waals surface area contributed by atoms with Crippen LogP contribution in [0.25, 0.3) is 16.5 Å². The minimum atomic E-state index is 0.306. The number of Topliss-reactive ketones (excluding diaryl/α,β-unsaturated/α-hetero) is 1. The number of nitrogens with two attached hydrogens (primary N) is 1. The van der Waals surface area contributed by atoms with Gasteiger partial charge in [-0.05, 0) is 43.9 Å². The van der Waals surface area contributed by atoms with E-state index >= 15 is 0 Å². The van der Waals surface area contributed by atoms with E-state index < -0.39 is 0 Å². The number of carbonyl (C=O) groups is 1. The lowest BCUT2D eigenvalue weighted by molar-refractivity contribution is -0.118. The Labute approximate surface area is 143 Å². The molecule has 1 aromatic carbocycles. The molecule has 2 aromatic rings. The van der Waals surface area contributed by atoms with E-state index in [0.29, 0.717) is 24.4 Å². The molecule has 24 heavy (non-hydrogen) atoms. The van der Waals surface area contributed by atoms with Crippen molar-refractivity contribution in [2.75, 3.05) is 5.73 Å². The Morgan fingerprint density at radius 3 is 2.67 bits per heavy atom. The van der Waals surface area contributed by atoms with Gasteiger partial charge in [0.05, 0.1) is 10.9 Å². The summed E-state index contributed by atoms with van der Waals surface area (Å²) in [5.74, 6) is 0.813.